The van der Waals surface area contributed by atoms with Crippen molar-refractivity contribution in [2.24, 2.45) is 0 Å². The summed E-state index contributed by atoms with van der Waals surface area (Å²) in [4.78, 5) is 13.0. The van der Waals surface area contributed by atoms with E-state index in [0.29, 0.717) is 5.65 Å². The van der Waals surface area contributed by atoms with Gasteiger partial charge < -0.3 is 5.32 Å². The topological polar surface area (TPSA) is 92.3 Å². The van der Waals surface area contributed by atoms with Crippen LogP contribution in [0.25, 0.3) is 33.2 Å². The summed E-state index contributed by atoms with van der Waals surface area (Å²) in [5.41, 5.74) is 4.31. The minimum Gasteiger partial charge on any atom is -0.369 e. The van der Waals surface area contributed by atoms with Gasteiger partial charge in [0, 0.05) is 23.7 Å². The third-order valence-electron chi connectivity index (χ3n) is 3.68. The Bertz CT molecular complexity index is 976. The number of benzene rings is 1. The lowest BCUT2D eigenvalue weighted by Crippen LogP contribution is -2.03. The van der Waals surface area contributed by atoms with E-state index in [2.05, 4.69) is 48.7 Å². The first-order chi connectivity index (χ1) is 11.3. The first-order valence-electron chi connectivity index (χ1n) is 7.50. The Labute approximate surface area is 132 Å². The van der Waals surface area contributed by atoms with E-state index >= 15 is 0 Å². The Morgan fingerprint density at radius 2 is 1.96 bits per heavy atom. The Balaban J connectivity index is 1.83. The van der Waals surface area contributed by atoms with Crippen LogP contribution in [-0.2, 0) is 0 Å². The van der Waals surface area contributed by atoms with Crippen molar-refractivity contribution in [1.29, 1.82) is 0 Å². The fourth-order valence-corrected chi connectivity index (χ4v) is 2.52. The van der Waals surface area contributed by atoms with Crippen LogP contribution in [0.1, 0.15) is 13.3 Å². The first-order valence-corrected chi connectivity index (χ1v) is 7.50. The summed E-state index contributed by atoms with van der Waals surface area (Å²) in [6.45, 7) is 3.00. The van der Waals surface area contributed by atoms with Crippen LogP contribution >= 0.6 is 0 Å². The predicted octanol–water partition coefficient (Wildman–Crippen LogP) is 2.79. The van der Waals surface area contributed by atoms with Gasteiger partial charge in [-0.05, 0) is 30.2 Å². The van der Waals surface area contributed by atoms with Crippen molar-refractivity contribution >= 4 is 27.9 Å². The van der Waals surface area contributed by atoms with Crippen molar-refractivity contribution in [3.8, 4) is 11.1 Å². The summed E-state index contributed by atoms with van der Waals surface area (Å²) >= 11 is 0. The largest absolute Gasteiger partial charge is 0.369 e. The molecule has 0 amide bonds. The summed E-state index contributed by atoms with van der Waals surface area (Å²) < 4.78 is 0. The molecule has 0 spiro atoms. The maximum atomic E-state index is 4.36. The zero-order valence-electron chi connectivity index (χ0n) is 12.6. The van der Waals surface area contributed by atoms with Crippen LogP contribution in [-0.4, -0.2) is 36.9 Å². The van der Waals surface area contributed by atoms with E-state index in [0.717, 1.165) is 46.3 Å². The van der Waals surface area contributed by atoms with Crippen LogP contribution in [0.3, 0.4) is 0 Å². The van der Waals surface area contributed by atoms with Crippen LogP contribution in [0, 0.1) is 0 Å². The second-order valence-corrected chi connectivity index (χ2v) is 5.27. The molecule has 0 unspecified atom stereocenters. The van der Waals surface area contributed by atoms with Gasteiger partial charge >= 0.3 is 0 Å². The summed E-state index contributed by atoms with van der Waals surface area (Å²) in [6.07, 6.45) is 4.43. The highest BCUT2D eigenvalue weighted by atomic mass is 15.3. The number of fused-ring (bicyclic) bond motifs is 2. The molecule has 3 heterocycles. The van der Waals surface area contributed by atoms with Crippen molar-refractivity contribution in [3.63, 3.8) is 0 Å². The average molecular weight is 305 g/mol. The van der Waals surface area contributed by atoms with Crippen molar-refractivity contribution < 1.29 is 0 Å². The first kappa shape index (κ1) is 13.6. The van der Waals surface area contributed by atoms with E-state index in [1.165, 1.54) is 0 Å². The molecular weight excluding hydrogens is 290 g/mol. The predicted molar refractivity (Wildman–Crippen MR) is 89.0 cm³/mol. The number of rotatable bonds is 4. The van der Waals surface area contributed by atoms with Crippen LogP contribution in [0.5, 0.6) is 0 Å². The summed E-state index contributed by atoms with van der Waals surface area (Å²) in [6, 6.07) is 8.07. The molecule has 7 heteroatoms. The number of anilines is 1. The summed E-state index contributed by atoms with van der Waals surface area (Å²) in [7, 11) is 0. The number of hydrogen-bond donors (Lipinski definition) is 2. The molecular formula is C16H15N7. The fraction of sp³-hybridized carbons (Fsp3) is 0.188. The maximum Gasteiger partial charge on any atom is 0.201 e. The summed E-state index contributed by atoms with van der Waals surface area (Å²) in [5, 5.41) is 15.0. The molecule has 2 N–H and O–H groups in total. The van der Waals surface area contributed by atoms with Gasteiger partial charge in [-0.25, -0.2) is 15.0 Å². The molecule has 0 bridgehead atoms. The number of H-pyrrole nitrogens is 1. The van der Waals surface area contributed by atoms with E-state index in [1.807, 2.05) is 18.2 Å². The Hall–Kier alpha value is -3.09. The third kappa shape index (κ3) is 2.46. The number of nitrogens with zero attached hydrogens (tertiary/aromatic N) is 5. The second-order valence-electron chi connectivity index (χ2n) is 5.27. The highest BCUT2D eigenvalue weighted by Crippen LogP contribution is 2.27. The molecule has 4 rings (SSSR count). The zero-order chi connectivity index (χ0) is 15.6. The van der Waals surface area contributed by atoms with Gasteiger partial charge in [-0.1, -0.05) is 13.0 Å². The van der Waals surface area contributed by atoms with Crippen molar-refractivity contribution in [3.05, 3.63) is 36.8 Å². The normalized spacial score (nSPS) is 11.2. The number of hydrogen-bond acceptors (Lipinski definition) is 6. The number of pyridine rings is 1. The van der Waals surface area contributed by atoms with E-state index in [-0.39, 0.29) is 0 Å². The lowest BCUT2D eigenvalue weighted by atomic mass is 10.0. The van der Waals surface area contributed by atoms with Crippen LogP contribution in [0.2, 0.25) is 0 Å². The van der Waals surface area contributed by atoms with E-state index in [9.17, 15) is 0 Å². The van der Waals surface area contributed by atoms with E-state index in [1.54, 1.807) is 12.5 Å². The Kier molecular flexibility index (Phi) is 3.30. The van der Waals surface area contributed by atoms with Gasteiger partial charge in [0.1, 0.15) is 17.7 Å². The highest BCUT2D eigenvalue weighted by Gasteiger charge is 2.08. The minimum absolute atomic E-state index is 0.614. The van der Waals surface area contributed by atoms with Gasteiger partial charge in [-0.2, -0.15) is 10.3 Å². The van der Waals surface area contributed by atoms with Gasteiger partial charge in [0.25, 0.3) is 0 Å². The monoisotopic (exact) mass is 305 g/mol. The van der Waals surface area contributed by atoms with Crippen molar-refractivity contribution in [2.75, 3.05) is 11.9 Å². The van der Waals surface area contributed by atoms with Gasteiger partial charge in [0.15, 0.2) is 0 Å². The number of aromatic amines is 1. The SMILES string of the molecule is CCCNc1ncnc2ccc(-c3cnc4n[nH]nc4c3)cc12. The highest BCUT2D eigenvalue weighted by molar-refractivity contribution is 5.93. The Morgan fingerprint density at radius 1 is 1.00 bits per heavy atom. The van der Waals surface area contributed by atoms with E-state index in [4.69, 9.17) is 0 Å². The van der Waals surface area contributed by atoms with Gasteiger partial charge in [-0.15, -0.1) is 5.10 Å². The zero-order valence-corrected chi connectivity index (χ0v) is 12.6. The molecule has 0 aliphatic rings. The summed E-state index contributed by atoms with van der Waals surface area (Å²) in [5.74, 6) is 0.856. The lowest BCUT2D eigenvalue weighted by Gasteiger charge is -2.09. The van der Waals surface area contributed by atoms with Gasteiger partial charge in [0.2, 0.25) is 5.65 Å². The molecule has 0 saturated heterocycles. The van der Waals surface area contributed by atoms with Gasteiger partial charge in [0.05, 0.1) is 5.52 Å². The second kappa shape index (κ2) is 5.60. The number of nitrogens with one attached hydrogen (secondary N) is 2. The maximum absolute atomic E-state index is 4.36. The Morgan fingerprint density at radius 3 is 2.87 bits per heavy atom. The smallest absolute Gasteiger partial charge is 0.201 e. The van der Waals surface area contributed by atoms with E-state index < -0.39 is 0 Å². The standard InChI is InChI=1S/C16H15N7/c1-2-5-17-15-12-6-10(3-4-13(12)19-9-20-15)11-7-14-16(18-8-11)22-23-21-14/h3-4,6-9H,2,5H2,1H3,(H,17,19,20)(H,18,21,22,23). The molecule has 3 aromatic heterocycles. The fourth-order valence-electron chi connectivity index (χ4n) is 2.52. The molecule has 0 saturated carbocycles. The number of aromatic nitrogens is 6. The molecule has 0 aliphatic heterocycles. The lowest BCUT2D eigenvalue weighted by molar-refractivity contribution is 0.954. The molecule has 0 radical (unpaired) electrons. The third-order valence-corrected chi connectivity index (χ3v) is 3.68. The van der Waals surface area contributed by atoms with Crippen LogP contribution < -0.4 is 5.32 Å². The molecule has 0 atom stereocenters. The van der Waals surface area contributed by atoms with Crippen molar-refractivity contribution in [1.82, 2.24) is 30.4 Å². The molecule has 1 aromatic carbocycles. The molecule has 7 nitrogen and oxygen atoms in total. The van der Waals surface area contributed by atoms with Crippen LogP contribution in [0.4, 0.5) is 5.82 Å². The molecule has 23 heavy (non-hydrogen) atoms. The molecule has 0 aliphatic carbocycles. The average Bonchev–Trinajstić information content (AvgIpc) is 3.07. The molecule has 4 aromatic rings. The van der Waals surface area contributed by atoms with Gasteiger partial charge in [-0.3, -0.25) is 0 Å². The van der Waals surface area contributed by atoms with Crippen molar-refractivity contribution in [2.45, 2.75) is 13.3 Å². The molecule has 0 fully saturated rings. The molecule has 114 valence electrons. The quantitative estimate of drug-likeness (QED) is 0.602. The minimum atomic E-state index is 0.614. The van der Waals surface area contributed by atoms with Crippen LogP contribution in [0.15, 0.2) is 36.8 Å².